The number of rotatable bonds is 3. The molecule has 0 saturated carbocycles. The van der Waals surface area contributed by atoms with E-state index in [-0.39, 0.29) is 18.4 Å². The van der Waals surface area contributed by atoms with Crippen LogP contribution >= 0.6 is 12.4 Å². The van der Waals surface area contributed by atoms with E-state index in [4.69, 9.17) is 5.26 Å². The van der Waals surface area contributed by atoms with E-state index < -0.39 is 0 Å². The van der Waals surface area contributed by atoms with E-state index in [1.54, 1.807) is 0 Å². The van der Waals surface area contributed by atoms with Gasteiger partial charge in [0, 0.05) is 0 Å². The highest BCUT2D eigenvalue weighted by Crippen LogP contribution is 1.94. The van der Waals surface area contributed by atoms with E-state index >= 15 is 0 Å². The van der Waals surface area contributed by atoms with Crippen molar-refractivity contribution in [2.75, 3.05) is 13.1 Å². The monoisotopic (exact) mass is 162 g/mol. The fourth-order valence-electron chi connectivity index (χ4n) is 0.853. The highest BCUT2D eigenvalue weighted by atomic mass is 35.5. The highest BCUT2D eigenvalue weighted by molar-refractivity contribution is 5.85. The van der Waals surface area contributed by atoms with Crippen molar-refractivity contribution in [1.82, 2.24) is 4.90 Å². The van der Waals surface area contributed by atoms with E-state index in [1.807, 2.05) is 6.92 Å². The number of nitriles is 1. The molecular weight excluding hydrogens is 148 g/mol. The van der Waals surface area contributed by atoms with Gasteiger partial charge in [-0.2, -0.15) is 5.26 Å². The van der Waals surface area contributed by atoms with Crippen molar-refractivity contribution < 1.29 is 0 Å². The number of hydrogen-bond acceptors (Lipinski definition) is 2. The van der Waals surface area contributed by atoms with Gasteiger partial charge < -0.3 is 0 Å². The van der Waals surface area contributed by atoms with Gasteiger partial charge in [0.2, 0.25) is 0 Å². The zero-order chi connectivity index (χ0) is 7.28. The maximum absolute atomic E-state index is 8.48. The molecule has 0 aliphatic heterocycles. The maximum atomic E-state index is 8.48. The third-order valence-corrected chi connectivity index (χ3v) is 1.55. The molecule has 3 heteroatoms. The van der Waals surface area contributed by atoms with Crippen molar-refractivity contribution in [2.24, 2.45) is 0 Å². The molecule has 2 nitrogen and oxygen atoms in total. The Bertz CT molecular complexity index is 105. The normalized spacial score (nSPS) is 11.9. The first-order valence-electron chi connectivity index (χ1n) is 3.39. The van der Waals surface area contributed by atoms with Gasteiger partial charge in [0.05, 0.1) is 12.1 Å². The fraction of sp³-hybridized carbons (Fsp3) is 0.857. The minimum atomic E-state index is 0. The maximum Gasteiger partial charge on any atom is 0.0949 e. The van der Waals surface area contributed by atoms with E-state index in [9.17, 15) is 0 Å². The van der Waals surface area contributed by atoms with Crippen LogP contribution in [0.3, 0.4) is 0 Å². The quantitative estimate of drug-likeness (QED) is 0.631. The van der Waals surface area contributed by atoms with Crippen molar-refractivity contribution in [3.63, 3.8) is 0 Å². The van der Waals surface area contributed by atoms with Gasteiger partial charge in [-0.05, 0) is 20.0 Å². The predicted molar refractivity (Wildman–Crippen MR) is 45.2 cm³/mol. The van der Waals surface area contributed by atoms with Crippen LogP contribution in [0.5, 0.6) is 0 Å². The molecule has 60 valence electrons. The van der Waals surface area contributed by atoms with Crippen molar-refractivity contribution in [1.29, 1.82) is 5.26 Å². The second kappa shape index (κ2) is 6.85. The summed E-state index contributed by atoms with van der Waals surface area (Å²) >= 11 is 0. The minimum Gasteiger partial charge on any atom is -0.289 e. The predicted octanol–water partition coefficient (Wildman–Crippen LogP) is 1.66. The molecule has 0 rings (SSSR count). The fourth-order valence-corrected chi connectivity index (χ4v) is 0.853. The molecule has 0 aromatic rings. The van der Waals surface area contributed by atoms with Crippen LogP contribution in [0.15, 0.2) is 0 Å². The Morgan fingerprint density at radius 3 is 1.90 bits per heavy atom. The Labute approximate surface area is 69.2 Å². The summed E-state index contributed by atoms with van der Waals surface area (Å²) in [5, 5.41) is 8.48. The number of halogens is 1. The smallest absolute Gasteiger partial charge is 0.0949 e. The Kier molecular flexibility index (Phi) is 8.51. The third kappa shape index (κ3) is 3.71. The van der Waals surface area contributed by atoms with Crippen LogP contribution in [0, 0.1) is 11.3 Å². The lowest BCUT2D eigenvalue weighted by atomic mass is 10.3. The van der Waals surface area contributed by atoms with Gasteiger partial charge in [0.15, 0.2) is 0 Å². The molecule has 0 saturated heterocycles. The first-order chi connectivity index (χ1) is 4.26. The largest absolute Gasteiger partial charge is 0.289 e. The zero-order valence-electron chi connectivity index (χ0n) is 6.79. The Morgan fingerprint density at radius 2 is 1.80 bits per heavy atom. The van der Waals surface area contributed by atoms with Crippen molar-refractivity contribution in [2.45, 2.75) is 26.8 Å². The lowest BCUT2D eigenvalue weighted by Crippen LogP contribution is -2.31. The summed E-state index contributed by atoms with van der Waals surface area (Å²) in [6.45, 7) is 7.98. The molecular formula is C7H15ClN2. The van der Waals surface area contributed by atoms with E-state index in [1.165, 1.54) is 0 Å². The van der Waals surface area contributed by atoms with E-state index in [2.05, 4.69) is 24.8 Å². The molecule has 1 atom stereocenters. The summed E-state index contributed by atoms with van der Waals surface area (Å²) in [6, 6.07) is 2.26. The summed E-state index contributed by atoms with van der Waals surface area (Å²) in [6.07, 6.45) is 0. The number of hydrogen-bond donors (Lipinski definition) is 0. The molecule has 0 aromatic heterocycles. The van der Waals surface area contributed by atoms with Gasteiger partial charge in [-0.25, -0.2) is 0 Å². The Hall–Kier alpha value is -0.260. The Balaban J connectivity index is 0. The average molecular weight is 163 g/mol. The number of nitrogens with zero attached hydrogens (tertiary/aromatic N) is 2. The van der Waals surface area contributed by atoms with Gasteiger partial charge in [-0.1, -0.05) is 13.8 Å². The van der Waals surface area contributed by atoms with E-state index in [0.717, 1.165) is 13.1 Å². The van der Waals surface area contributed by atoms with Crippen molar-refractivity contribution in [3.8, 4) is 6.07 Å². The van der Waals surface area contributed by atoms with E-state index in [0.29, 0.717) is 0 Å². The molecule has 0 bridgehead atoms. The van der Waals surface area contributed by atoms with Crippen LogP contribution in [0.25, 0.3) is 0 Å². The van der Waals surface area contributed by atoms with Crippen LogP contribution in [0.1, 0.15) is 20.8 Å². The molecule has 10 heavy (non-hydrogen) atoms. The van der Waals surface area contributed by atoms with Crippen LogP contribution in [-0.2, 0) is 0 Å². The summed E-state index contributed by atoms with van der Waals surface area (Å²) in [7, 11) is 0. The lowest BCUT2D eigenvalue weighted by Gasteiger charge is -2.19. The van der Waals surface area contributed by atoms with Crippen LogP contribution in [0.2, 0.25) is 0 Å². The molecule has 0 aromatic carbocycles. The molecule has 0 N–H and O–H groups in total. The summed E-state index contributed by atoms with van der Waals surface area (Å²) in [5.74, 6) is 0. The molecule has 0 heterocycles. The van der Waals surface area contributed by atoms with Crippen LogP contribution < -0.4 is 0 Å². The highest BCUT2D eigenvalue weighted by Gasteiger charge is 2.06. The van der Waals surface area contributed by atoms with Gasteiger partial charge in [0.1, 0.15) is 0 Å². The molecule has 0 spiro atoms. The van der Waals surface area contributed by atoms with Crippen LogP contribution in [-0.4, -0.2) is 24.0 Å². The molecule has 0 aliphatic carbocycles. The summed E-state index contributed by atoms with van der Waals surface area (Å²) in [5.41, 5.74) is 0. The second-order valence-electron chi connectivity index (χ2n) is 2.03. The average Bonchev–Trinajstić information content (AvgIpc) is 1.90. The van der Waals surface area contributed by atoms with Crippen molar-refractivity contribution in [3.05, 3.63) is 0 Å². The molecule has 1 unspecified atom stereocenters. The Morgan fingerprint density at radius 1 is 1.40 bits per heavy atom. The minimum absolute atomic E-state index is 0. The molecule has 0 fully saturated rings. The first kappa shape index (κ1) is 12.4. The lowest BCUT2D eigenvalue weighted by molar-refractivity contribution is 0.273. The first-order valence-corrected chi connectivity index (χ1v) is 3.39. The van der Waals surface area contributed by atoms with Crippen molar-refractivity contribution >= 4 is 12.4 Å². The SMILES string of the molecule is CCN(CC)C(C)C#N.Cl. The van der Waals surface area contributed by atoms with Gasteiger partial charge in [-0.3, -0.25) is 4.90 Å². The summed E-state index contributed by atoms with van der Waals surface area (Å²) < 4.78 is 0. The summed E-state index contributed by atoms with van der Waals surface area (Å²) in [4.78, 5) is 2.11. The van der Waals surface area contributed by atoms with Crippen LogP contribution in [0.4, 0.5) is 0 Å². The zero-order valence-corrected chi connectivity index (χ0v) is 7.61. The van der Waals surface area contributed by atoms with Gasteiger partial charge in [0.25, 0.3) is 0 Å². The van der Waals surface area contributed by atoms with Gasteiger partial charge in [-0.15, -0.1) is 12.4 Å². The molecule has 0 aliphatic rings. The molecule has 0 radical (unpaired) electrons. The standard InChI is InChI=1S/C7H14N2.ClH/c1-4-9(5-2)7(3)6-8;/h7H,4-5H2,1-3H3;1H. The third-order valence-electron chi connectivity index (χ3n) is 1.55. The second-order valence-corrected chi connectivity index (χ2v) is 2.03. The van der Waals surface area contributed by atoms with Gasteiger partial charge >= 0.3 is 0 Å². The molecule has 0 amide bonds. The topological polar surface area (TPSA) is 27.0 Å².